The van der Waals surface area contributed by atoms with Crippen molar-refractivity contribution in [1.29, 1.82) is 0 Å². The molecule has 0 heterocycles. The number of aliphatic carboxylic acids is 1. The van der Waals surface area contributed by atoms with Gasteiger partial charge < -0.3 is 44.0 Å². The van der Waals surface area contributed by atoms with Gasteiger partial charge in [0.05, 0.1) is 6.04 Å². The van der Waals surface area contributed by atoms with Crippen molar-refractivity contribution in [2.75, 3.05) is 24.3 Å². The van der Waals surface area contributed by atoms with Gasteiger partial charge in [0.1, 0.15) is 18.1 Å². The highest BCUT2D eigenvalue weighted by Gasteiger charge is 2.30. The average molecular weight is 537 g/mol. The number of carbonyl (C=O) groups is 5. The van der Waals surface area contributed by atoms with Gasteiger partial charge in [-0.25, -0.2) is 4.79 Å². The highest BCUT2D eigenvalue weighted by Crippen LogP contribution is 2.06. The molecule has 4 unspecified atom stereocenters. The Morgan fingerprint density at radius 2 is 1.46 bits per heavy atom. The maximum absolute atomic E-state index is 13.0. The summed E-state index contributed by atoms with van der Waals surface area (Å²) in [5.74, 6) is -3.65. The molecule has 0 aromatic carbocycles. The van der Waals surface area contributed by atoms with Gasteiger partial charge in [0.25, 0.3) is 0 Å². The Balaban J connectivity index is 5.56. The minimum Gasteiger partial charge on any atom is -0.480 e. The molecular weight excluding hydrogens is 500 g/mol. The fraction of sp³-hybridized carbons (Fsp3) is 0.684. The summed E-state index contributed by atoms with van der Waals surface area (Å²) < 4.78 is 0. The summed E-state index contributed by atoms with van der Waals surface area (Å²) in [6.45, 7) is 0.162. The summed E-state index contributed by atoms with van der Waals surface area (Å²) in [5, 5.41) is 16.8. The van der Waals surface area contributed by atoms with E-state index in [1.807, 2.05) is 6.26 Å². The van der Waals surface area contributed by atoms with Crippen molar-refractivity contribution < 1.29 is 29.1 Å². The zero-order valence-corrected chi connectivity index (χ0v) is 21.3. The van der Waals surface area contributed by atoms with Gasteiger partial charge in [-0.1, -0.05) is 0 Å². The minimum atomic E-state index is -1.40. The van der Waals surface area contributed by atoms with Crippen LogP contribution in [0.1, 0.15) is 32.1 Å². The number of nitrogens with two attached hydrogens (primary N) is 4. The van der Waals surface area contributed by atoms with E-state index in [0.717, 1.165) is 0 Å². The number of thiol groups is 1. The Morgan fingerprint density at radius 1 is 0.914 bits per heavy atom. The van der Waals surface area contributed by atoms with Crippen molar-refractivity contribution in [2.24, 2.45) is 27.9 Å². The van der Waals surface area contributed by atoms with Crippen LogP contribution in [0.5, 0.6) is 0 Å². The molecular formula is C19H36N8O6S2. The predicted octanol–water partition coefficient (Wildman–Crippen LogP) is -3.15. The Hall–Kier alpha value is -2.72. The lowest BCUT2D eigenvalue weighted by Crippen LogP contribution is -2.57. The second kappa shape index (κ2) is 17.7. The zero-order chi connectivity index (χ0) is 27.0. The van der Waals surface area contributed by atoms with Gasteiger partial charge in [0.15, 0.2) is 5.96 Å². The van der Waals surface area contributed by atoms with E-state index in [9.17, 15) is 29.1 Å². The first-order chi connectivity index (χ1) is 16.4. The third-order valence-corrected chi connectivity index (χ3v) is 5.69. The monoisotopic (exact) mass is 536 g/mol. The van der Waals surface area contributed by atoms with E-state index < -0.39 is 53.8 Å². The van der Waals surface area contributed by atoms with Gasteiger partial charge in [-0.15, -0.1) is 0 Å². The van der Waals surface area contributed by atoms with Crippen LogP contribution in [0.25, 0.3) is 0 Å². The molecule has 0 saturated carbocycles. The van der Waals surface area contributed by atoms with Crippen molar-refractivity contribution >= 4 is 59.9 Å². The smallest absolute Gasteiger partial charge is 0.326 e. The van der Waals surface area contributed by atoms with Crippen LogP contribution < -0.4 is 38.9 Å². The van der Waals surface area contributed by atoms with Crippen molar-refractivity contribution in [3.63, 3.8) is 0 Å². The second-order valence-corrected chi connectivity index (χ2v) is 8.90. The van der Waals surface area contributed by atoms with Crippen LogP contribution in [-0.4, -0.2) is 89.1 Å². The number of carboxylic acid groups (broad SMARTS) is 1. The van der Waals surface area contributed by atoms with Gasteiger partial charge in [0.2, 0.25) is 23.6 Å². The molecule has 0 saturated heterocycles. The van der Waals surface area contributed by atoms with E-state index in [0.29, 0.717) is 5.75 Å². The quantitative estimate of drug-likeness (QED) is 0.0368. The summed E-state index contributed by atoms with van der Waals surface area (Å²) in [6.07, 6.45) is 1.95. The highest BCUT2D eigenvalue weighted by atomic mass is 32.2. The number of nitrogens with zero attached hydrogens (tertiary/aromatic N) is 1. The van der Waals surface area contributed by atoms with Crippen LogP contribution in [0.15, 0.2) is 4.99 Å². The number of primary amides is 1. The number of hydrogen-bond acceptors (Lipinski definition) is 9. The molecule has 0 spiro atoms. The maximum atomic E-state index is 13.0. The molecule has 14 nitrogen and oxygen atoms in total. The summed E-state index contributed by atoms with van der Waals surface area (Å²) >= 11 is 5.43. The molecule has 0 fully saturated rings. The van der Waals surface area contributed by atoms with Gasteiger partial charge in [-0.05, 0) is 37.7 Å². The number of nitrogens with one attached hydrogen (secondary N) is 3. The molecule has 0 aliphatic heterocycles. The van der Waals surface area contributed by atoms with E-state index in [4.69, 9.17) is 22.9 Å². The molecule has 0 bridgehead atoms. The number of carbonyl (C=O) groups excluding carboxylic acids is 4. The van der Waals surface area contributed by atoms with Crippen molar-refractivity contribution in [1.82, 2.24) is 16.0 Å². The SMILES string of the molecule is CSCCC(NC(=O)C(N)CS)C(=O)NC(CCCN=C(N)N)C(=O)NC(CCC(N)=O)C(=O)O. The standard InChI is InChI=1S/C19H36N8O6S2/c1-35-8-6-12(25-15(29)10(20)9-34)17(31)26-11(3-2-7-24-19(22)23)16(30)27-13(18(32)33)4-5-14(21)28/h10-13,34H,2-9,20H2,1H3,(H2,21,28)(H,25,29)(H,26,31)(H,27,30)(H,32,33)(H4,22,23,24). The van der Waals surface area contributed by atoms with Gasteiger partial charge in [-0.3, -0.25) is 24.2 Å². The van der Waals surface area contributed by atoms with E-state index >= 15 is 0 Å². The molecule has 0 rings (SSSR count). The molecule has 0 aromatic heterocycles. The Bertz CT molecular complexity index is 766. The molecule has 4 amide bonds. The number of thioether (sulfide) groups is 1. The number of carboxylic acids is 1. The molecule has 4 atom stereocenters. The number of aliphatic imine (C=N–C) groups is 1. The second-order valence-electron chi connectivity index (χ2n) is 7.55. The van der Waals surface area contributed by atoms with Crippen LogP contribution in [0.4, 0.5) is 0 Å². The lowest BCUT2D eigenvalue weighted by molar-refractivity contribution is -0.142. The van der Waals surface area contributed by atoms with Gasteiger partial charge >= 0.3 is 5.97 Å². The van der Waals surface area contributed by atoms with Crippen LogP contribution in [0.2, 0.25) is 0 Å². The fourth-order valence-corrected chi connectivity index (χ4v) is 3.36. The van der Waals surface area contributed by atoms with Crippen molar-refractivity contribution in [3.05, 3.63) is 0 Å². The Morgan fingerprint density at radius 3 is 1.94 bits per heavy atom. The largest absolute Gasteiger partial charge is 0.480 e. The van der Waals surface area contributed by atoms with Crippen LogP contribution >= 0.6 is 24.4 Å². The normalized spacial score (nSPS) is 14.0. The molecule has 0 aliphatic carbocycles. The summed E-state index contributed by atoms with van der Waals surface area (Å²) in [4.78, 5) is 64.4. The van der Waals surface area contributed by atoms with E-state index in [1.165, 1.54) is 11.8 Å². The molecule has 0 radical (unpaired) electrons. The third kappa shape index (κ3) is 14.3. The number of hydrogen-bond donors (Lipinski definition) is 9. The van der Waals surface area contributed by atoms with E-state index in [2.05, 4.69) is 33.6 Å². The molecule has 16 heteroatoms. The summed E-state index contributed by atoms with van der Waals surface area (Å²) in [7, 11) is 0. The lowest BCUT2D eigenvalue weighted by Gasteiger charge is -2.25. The summed E-state index contributed by atoms with van der Waals surface area (Å²) in [5.41, 5.74) is 21.3. The summed E-state index contributed by atoms with van der Waals surface area (Å²) in [6, 6.07) is -4.48. The van der Waals surface area contributed by atoms with Crippen molar-refractivity contribution in [2.45, 2.75) is 56.3 Å². The molecule has 12 N–H and O–H groups in total. The average Bonchev–Trinajstić information content (AvgIpc) is 2.79. The number of amides is 4. The number of guanidine groups is 1. The Labute approximate surface area is 213 Å². The molecule has 0 aromatic rings. The first-order valence-electron chi connectivity index (χ1n) is 10.8. The first kappa shape index (κ1) is 32.3. The maximum Gasteiger partial charge on any atom is 0.326 e. The third-order valence-electron chi connectivity index (χ3n) is 4.65. The van der Waals surface area contributed by atoms with E-state index in [-0.39, 0.29) is 50.4 Å². The zero-order valence-electron chi connectivity index (χ0n) is 19.6. The highest BCUT2D eigenvalue weighted by molar-refractivity contribution is 7.98. The van der Waals surface area contributed by atoms with Gasteiger partial charge in [0, 0.05) is 18.7 Å². The molecule has 0 aliphatic rings. The van der Waals surface area contributed by atoms with Crippen LogP contribution in [0, 0.1) is 0 Å². The van der Waals surface area contributed by atoms with E-state index in [1.54, 1.807) is 0 Å². The predicted molar refractivity (Wildman–Crippen MR) is 137 cm³/mol. The van der Waals surface area contributed by atoms with Crippen LogP contribution in [0.3, 0.4) is 0 Å². The molecule has 35 heavy (non-hydrogen) atoms. The Kier molecular flexibility index (Phi) is 16.3. The minimum absolute atomic E-state index is 0.0653. The van der Waals surface area contributed by atoms with Crippen molar-refractivity contribution in [3.8, 4) is 0 Å². The number of rotatable bonds is 18. The van der Waals surface area contributed by atoms with Gasteiger partial charge in [-0.2, -0.15) is 24.4 Å². The molecule has 200 valence electrons. The van der Waals surface area contributed by atoms with Crippen LogP contribution in [-0.2, 0) is 24.0 Å². The topological polar surface area (TPSA) is 258 Å². The lowest BCUT2D eigenvalue weighted by atomic mass is 10.1. The first-order valence-corrected chi connectivity index (χ1v) is 12.8. The fourth-order valence-electron chi connectivity index (χ4n) is 2.73.